The maximum absolute atomic E-state index is 11.1. The highest BCUT2D eigenvalue weighted by atomic mass is 16.5. The molecular weight excluding hydrogens is 178 g/mol. The van der Waals surface area contributed by atoms with E-state index in [-0.39, 0.29) is 5.91 Å². The molecular formula is C11H11NO2. The molecule has 0 unspecified atom stereocenters. The molecule has 3 rings (SSSR count). The highest BCUT2D eigenvalue weighted by Gasteiger charge is 2.30. The molecule has 0 saturated carbocycles. The van der Waals surface area contributed by atoms with Crippen LogP contribution in [-0.2, 0) is 9.53 Å². The molecule has 0 saturated heterocycles. The van der Waals surface area contributed by atoms with Gasteiger partial charge in [0.15, 0.2) is 0 Å². The lowest BCUT2D eigenvalue weighted by atomic mass is 9.88. The molecule has 2 aliphatic heterocycles. The highest BCUT2D eigenvalue weighted by molar-refractivity contribution is 6.19. The smallest absolute Gasteiger partial charge is 0.270 e. The largest absolute Gasteiger partial charge is 0.493 e. The van der Waals surface area contributed by atoms with Gasteiger partial charge in [-0.05, 0) is 31.3 Å². The van der Waals surface area contributed by atoms with Crippen molar-refractivity contribution in [2.24, 2.45) is 4.99 Å². The lowest BCUT2D eigenvalue weighted by molar-refractivity contribution is -0.113. The Labute approximate surface area is 82.2 Å². The number of amides is 1. The van der Waals surface area contributed by atoms with Gasteiger partial charge in [-0.1, -0.05) is 0 Å². The third-order valence-electron chi connectivity index (χ3n) is 2.92. The average Bonchev–Trinajstić information content (AvgIpc) is 2.59. The molecule has 0 atom stereocenters. The Kier molecular flexibility index (Phi) is 1.60. The van der Waals surface area contributed by atoms with Crippen LogP contribution in [0.15, 0.2) is 28.0 Å². The van der Waals surface area contributed by atoms with Crippen LogP contribution in [0.1, 0.15) is 25.7 Å². The number of aliphatic imine (C=N–C) groups is 1. The zero-order chi connectivity index (χ0) is 9.54. The average molecular weight is 189 g/mol. The van der Waals surface area contributed by atoms with E-state index in [1.165, 1.54) is 5.57 Å². The zero-order valence-electron chi connectivity index (χ0n) is 7.88. The van der Waals surface area contributed by atoms with Gasteiger partial charge in [-0.15, -0.1) is 0 Å². The van der Waals surface area contributed by atoms with Crippen LogP contribution in [0.25, 0.3) is 0 Å². The minimum absolute atomic E-state index is 0.127. The van der Waals surface area contributed by atoms with Crippen molar-refractivity contribution in [3.05, 3.63) is 23.0 Å². The summed E-state index contributed by atoms with van der Waals surface area (Å²) in [6.07, 6.45) is 5.74. The van der Waals surface area contributed by atoms with Crippen LogP contribution < -0.4 is 0 Å². The summed E-state index contributed by atoms with van der Waals surface area (Å²) in [5.74, 6) is 0.824. The molecule has 3 aliphatic rings. The van der Waals surface area contributed by atoms with Gasteiger partial charge in [0.25, 0.3) is 5.91 Å². The van der Waals surface area contributed by atoms with Crippen LogP contribution in [0.2, 0.25) is 0 Å². The molecule has 3 heteroatoms. The summed E-state index contributed by atoms with van der Waals surface area (Å²) in [6.45, 7) is 0.775. The second kappa shape index (κ2) is 2.80. The molecule has 0 aromatic heterocycles. The van der Waals surface area contributed by atoms with Gasteiger partial charge in [0.1, 0.15) is 5.76 Å². The van der Waals surface area contributed by atoms with Crippen molar-refractivity contribution in [2.75, 3.05) is 6.61 Å². The number of hydrogen-bond donors (Lipinski definition) is 0. The molecule has 0 N–H and O–H groups in total. The fourth-order valence-electron chi connectivity index (χ4n) is 2.27. The summed E-state index contributed by atoms with van der Waals surface area (Å²) < 4.78 is 5.62. The van der Waals surface area contributed by atoms with E-state index in [4.69, 9.17) is 4.74 Å². The second-order valence-corrected chi connectivity index (χ2v) is 3.84. The SMILES string of the molecule is O=C1C=C2C(=N1)CCC1=C2OCCC1. The zero-order valence-corrected chi connectivity index (χ0v) is 7.88. The molecule has 0 fully saturated rings. The molecule has 1 aliphatic carbocycles. The molecule has 14 heavy (non-hydrogen) atoms. The third-order valence-corrected chi connectivity index (χ3v) is 2.92. The number of carbonyl (C=O) groups excluding carboxylic acids is 1. The fraction of sp³-hybridized carbons (Fsp3) is 0.455. The standard InChI is InChI=1S/C11H11NO2/c13-10-6-8-9(12-10)4-3-7-2-1-5-14-11(7)8/h6H,1-5H2. The maximum atomic E-state index is 11.1. The van der Waals surface area contributed by atoms with Crippen molar-refractivity contribution in [3.8, 4) is 0 Å². The summed E-state index contributed by atoms with van der Waals surface area (Å²) >= 11 is 0. The Bertz CT molecular complexity index is 402. The lowest BCUT2D eigenvalue weighted by Gasteiger charge is -2.26. The topological polar surface area (TPSA) is 38.7 Å². The van der Waals surface area contributed by atoms with E-state index in [0.717, 1.165) is 49.3 Å². The minimum atomic E-state index is -0.127. The van der Waals surface area contributed by atoms with Gasteiger partial charge in [0, 0.05) is 11.6 Å². The van der Waals surface area contributed by atoms with Crippen LogP contribution in [0.3, 0.4) is 0 Å². The van der Waals surface area contributed by atoms with Crippen LogP contribution >= 0.6 is 0 Å². The van der Waals surface area contributed by atoms with Gasteiger partial charge in [0.05, 0.1) is 12.3 Å². The molecule has 2 heterocycles. The van der Waals surface area contributed by atoms with E-state index in [1.807, 2.05) is 0 Å². The van der Waals surface area contributed by atoms with Crippen molar-refractivity contribution in [2.45, 2.75) is 25.7 Å². The van der Waals surface area contributed by atoms with Crippen molar-refractivity contribution in [3.63, 3.8) is 0 Å². The summed E-state index contributed by atoms with van der Waals surface area (Å²) in [6, 6.07) is 0. The first-order valence-electron chi connectivity index (χ1n) is 5.03. The van der Waals surface area contributed by atoms with E-state index < -0.39 is 0 Å². The number of carbonyl (C=O) groups is 1. The van der Waals surface area contributed by atoms with Crippen molar-refractivity contribution in [1.29, 1.82) is 0 Å². The van der Waals surface area contributed by atoms with Crippen molar-refractivity contribution >= 4 is 11.6 Å². The summed E-state index contributed by atoms with van der Waals surface area (Å²) in [7, 11) is 0. The monoisotopic (exact) mass is 189 g/mol. The van der Waals surface area contributed by atoms with E-state index >= 15 is 0 Å². The van der Waals surface area contributed by atoms with Crippen LogP contribution in [-0.4, -0.2) is 18.2 Å². The molecule has 0 radical (unpaired) electrons. The normalized spacial score (nSPS) is 25.0. The predicted octanol–water partition coefficient (Wildman–Crippen LogP) is 1.75. The van der Waals surface area contributed by atoms with Gasteiger partial charge >= 0.3 is 0 Å². The molecule has 0 bridgehead atoms. The van der Waals surface area contributed by atoms with Gasteiger partial charge in [0.2, 0.25) is 0 Å². The number of rotatable bonds is 0. The highest BCUT2D eigenvalue weighted by Crippen LogP contribution is 2.36. The Hall–Kier alpha value is -1.38. The van der Waals surface area contributed by atoms with Crippen LogP contribution in [0, 0.1) is 0 Å². The molecule has 0 spiro atoms. The van der Waals surface area contributed by atoms with Crippen LogP contribution in [0.5, 0.6) is 0 Å². The maximum Gasteiger partial charge on any atom is 0.270 e. The third kappa shape index (κ3) is 1.05. The molecule has 1 amide bonds. The molecule has 72 valence electrons. The Morgan fingerprint density at radius 1 is 1.29 bits per heavy atom. The molecule has 3 nitrogen and oxygen atoms in total. The Balaban J connectivity index is 2.09. The quantitative estimate of drug-likeness (QED) is 0.582. The number of ether oxygens (including phenoxy) is 1. The number of hydrogen-bond acceptors (Lipinski definition) is 2. The Morgan fingerprint density at radius 3 is 3.14 bits per heavy atom. The second-order valence-electron chi connectivity index (χ2n) is 3.84. The fourth-order valence-corrected chi connectivity index (χ4v) is 2.27. The van der Waals surface area contributed by atoms with E-state index in [2.05, 4.69) is 4.99 Å². The van der Waals surface area contributed by atoms with E-state index in [1.54, 1.807) is 6.08 Å². The first kappa shape index (κ1) is 7.97. The van der Waals surface area contributed by atoms with Gasteiger partial charge in [-0.2, -0.15) is 0 Å². The van der Waals surface area contributed by atoms with Crippen molar-refractivity contribution in [1.82, 2.24) is 0 Å². The first-order valence-corrected chi connectivity index (χ1v) is 5.03. The minimum Gasteiger partial charge on any atom is -0.493 e. The van der Waals surface area contributed by atoms with Gasteiger partial charge in [-0.3, -0.25) is 4.79 Å². The number of nitrogens with zero attached hydrogens (tertiary/aromatic N) is 1. The molecule has 0 aromatic rings. The number of fused-ring (bicyclic) bond motifs is 2. The van der Waals surface area contributed by atoms with Crippen molar-refractivity contribution < 1.29 is 9.53 Å². The van der Waals surface area contributed by atoms with E-state index in [9.17, 15) is 4.79 Å². The summed E-state index contributed by atoms with van der Waals surface area (Å²) in [5.41, 5.74) is 3.25. The van der Waals surface area contributed by atoms with Gasteiger partial charge in [-0.25, -0.2) is 4.99 Å². The Morgan fingerprint density at radius 2 is 2.21 bits per heavy atom. The van der Waals surface area contributed by atoms with E-state index in [0.29, 0.717) is 0 Å². The van der Waals surface area contributed by atoms with Gasteiger partial charge < -0.3 is 4.74 Å². The summed E-state index contributed by atoms with van der Waals surface area (Å²) in [4.78, 5) is 15.1. The number of allylic oxidation sites excluding steroid dienone is 2. The first-order chi connectivity index (χ1) is 6.84. The molecule has 0 aromatic carbocycles. The van der Waals surface area contributed by atoms with Crippen LogP contribution in [0.4, 0.5) is 0 Å². The summed E-state index contributed by atoms with van der Waals surface area (Å²) in [5, 5.41) is 0. The lowest BCUT2D eigenvalue weighted by Crippen LogP contribution is -2.18. The predicted molar refractivity (Wildman–Crippen MR) is 52.0 cm³/mol.